The second-order valence-corrected chi connectivity index (χ2v) is 3.50. The van der Waals surface area contributed by atoms with Crippen LogP contribution in [0.15, 0.2) is 18.3 Å². The zero-order chi connectivity index (χ0) is 11.8. The molecule has 1 rings (SSSR count). The first-order valence-electron chi connectivity index (χ1n) is 5.51. The summed E-state index contributed by atoms with van der Waals surface area (Å²) in [6.07, 6.45) is 2.18. The SMILES string of the molecule is CCOC(=O)CCNCc1ncccc1C. The highest BCUT2D eigenvalue weighted by atomic mass is 16.5. The van der Waals surface area contributed by atoms with E-state index < -0.39 is 0 Å². The monoisotopic (exact) mass is 222 g/mol. The van der Waals surface area contributed by atoms with E-state index in [1.165, 1.54) is 0 Å². The second-order valence-electron chi connectivity index (χ2n) is 3.50. The molecular formula is C12H18N2O2. The molecule has 0 bridgehead atoms. The Labute approximate surface area is 96.0 Å². The van der Waals surface area contributed by atoms with Gasteiger partial charge < -0.3 is 10.1 Å². The number of ether oxygens (including phenoxy) is 1. The lowest BCUT2D eigenvalue weighted by atomic mass is 10.2. The van der Waals surface area contributed by atoms with Crippen LogP contribution in [0.4, 0.5) is 0 Å². The van der Waals surface area contributed by atoms with Crippen LogP contribution < -0.4 is 5.32 Å². The van der Waals surface area contributed by atoms with Crippen molar-refractivity contribution in [3.8, 4) is 0 Å². The van der Waals surface area contributed by atoms with Gasteiger partial charge in [-0.05, 0) is 25.5 Å². The number of nitrogens with one attached hydrogen (secondary N) is 1. The maximum absolute atomic E-state index is 11.0. The topological polar surface area (TPSA) is 51.2 Å². The molecule has 0 spiro atoms. The summed E-state index contributed by atoms with van der Waals surface area (Å²) in [4.78, 5) is 15.3. The van der Waals surface area contributed by atoms with E-state index in [0.29, 0.717) is 26.1 Å². The molecule has 1 aromatic rings. The van der Waals surface area contributed by atoms with Crippen molar-refractivity contribution in [3.63, 3.8) is 0 Å². The lowest BCUT2D eigenvalue weighted by molar-refractivity contribution is -0.142. The number of esters is 1. The van der Waals surface area contributed by atoms with E-state index in [9.17, 15) is 4.79 Å². The first kappa shape index (κ1) is 12.6. The van der Waals surface area contributed by atoms with Crippen LogP contribution in [-0.2, 0) is 16.1 Å². The number of aryl methyl sites for hydroxylation is 1. The van der Waals surface area contributed by atoms with Crippen molar-refractivity contribution in [2.75, 3.05) is 13.2 Å². The van der Waals surface area contributed by atoms with Gasteiger partial charge in [-0.25, -0.2) is 0 Å². The van der Waals surface area contributed by atoms with Crippen LogP contribution in [0, 0.1) is 6.92 Å². The Bertz CT molecular complexity index is 340. The number of rotatable bonds is 6. The normalized spacial score (nSPS) is 10.1. The predicted molar refractivity (Wildman–Crippen MR) is 61.9 cm³/mol. The molecule has 1 aromatic heterocycles. The Morgan fingerprint density at radius 2 is 2.38 bits per heavy atom. The molecule has 0 unspecified atom stereocenters. The van der Waals surface area contributed by atoms with Gasteiger partial charge in [-0.15, -0.1) is 0 Å². The number of hydrogen-bond donors (Lipinski definition) is 1. The van der Waals surface area contributed by atoms with E-state index in [-0.39, 0.29) is 5.97 Å². The minimum absolute atomic E-state index is 0.159. The van der Waals surface area contributed by atoms with Gasteiger partial charge in [-0.2, -0.15) is 0 Å². The largest absolute Gasteiger partial charge is 0.466 e. The zero-order valence-electron chi connectivity index (χ0n) is 9.82. The summed E-state index contributed by atoms with van der Waals surface area (Å²) in [5, 5.41) is 3.17. The molecule has 0 aliphatic carbocycles. The molecule has 1 heterocycles. The fraction of sp³-hybridized carbons (Fsp3) is 0.500. The van der Waals surface area contributed by atoms with Crippen molar-refractivity contribution in [1.82, 2.24) is 10.3 Å². The summed E-state index contributed by atoms with van der Waals surface area (Å²) < 4.78 is 4.82. The van der Waals surface area contributed by atoms with Crippen LogP contribution in [0.2, 0.25) is 0 Å². The second kappa shape index (κ2) is 6.95. The number of carbonyl (C=O) groups is 1. The molecule has 0 saturated carbocycles. The minimum Gasteiger partial charge on any atom is -0.466 e. The van der Waals surface area contributed by atoms with Gasteiger partial charge in [0.05, 0.1) is 18.7 Å². The van der Waals surface area contributed by atoms with Crippen LogP contribution in [0.1, 0.15) is 24.6 Å². The molecule has 0 aromatic carbocycles. The van der Waals surface area contributed by atoms with Gasteiger partial charge in [0, 0.05) is 19.3 Å². The standard InChI is InChI=1S/C12H18N2O2/c1-3-16-12(15)6-8-13-9-11-10(2)5-4-7-14-11/h4-5,7,13H,3,6,8-9H2,1-2H3. The smallest absolute Gasteiger partial charge is 0.307 e. The molecule has 0 aliphatic heterocycles. The average Bonchev–Trinajstić information content (AvgIpc) is 2.27. The molecule has 4 heteroatoms. The molecule has 0 atom stereocenters. The van der Waals surface area contributed by atoms with E-state index in [4.69, 9.17) is 4.74 Å². The highest BCUT2D eigenvalue weighted by molar-refractivity contribution is 5.69. The van der Waals surface area contributed by atoms with E-state index in [1.54, 1.807) is 6.20 Å². The summed E-state index contributed by atoms with van der Waals surface area (Å²) >= 11 is 0. The number of aromatic nitrogens is 1. The average molecular weight is 222 g/mol. The molecule has 1 N–H and O–H groups in total. The van der Waals surface area contributed by atoms with Gasteiger partial charge in [0.2, 0.25) is 0 Å². The first-order valence-corrected chi connectivity index (χ1v) is 5.51. The molecule has 0 amide bonds. The van der Waals surface area contributed by atoms with Crippen LogP contribution in [0.5, 0.6) is 0 Å². The summed E-state index contributed by atoms with van der Waals surface area (Å²) in [5.41, 5.74) is 2.18. The summed E-state index contributed by atoms with van der Waals surface area (Å²) in [5.74, 6) is -0.159. The Morgan fingerprint density at radius 3 is 3.06 bits per heavy atom. The summed E-state index contributed by atoms with van der Waals surface area (Å²) in [7, 11) is 0. The number of nitrogens with zero attached hydrogens (tertiary/aromatic N) is 1. The van der Waals surface area contributed by atoms with E-state index in [1.807, 2.05) is 26.0 Å². The Balaban J connectivity index is 2.21. The molecular weight excluding hydrogens is 204 g/mol. The Kier molecular flexibility index (Phi) is 5.50. The van der Waals surface area contributed by atoms with Gasteiger partial charge in [0.15, 0.2) is 0 Å². The fourth-order valence-electron chi connectivity index (χ4n) is 1.33. The van der Waals surface area contributed by atoms with Crippen molar-refractivity contribution in [2.45, 2.75) is 26.8 Å². The predicted octanol–water partition coefficient (Wildman–Crippen LogP) is 1.43. The van der Waals surface area contributed by atoms with Gasteiger partial charge >= 0.3 is 5.97 Å². The van der Waals surface area contributed by atoms with Crippen molar-refractivity contribution in [1.29, 1.82) is 0 Å². The minimum atomic E-state index is -0.159. The Morgan fingerprint density at radius 1 is 1.56 bits per heavy atom. The van der Waals surface area contributed by atoms with Crippen LogP contribution in [0.3, 0.4) is 0 Å². The zero-order valence-corrected chi connectivity index (χ0v) is 9.82. The number of hydrogen-bond acceptors (Lipinski definition) is 4. The third kappa shape index (κ3) is 4.40. The quantitative estimate of drug-likeness (QED) is 0.584. The van der Waals surface area contributed by atoms with Crippen molar-refractivity contribution < 1.29 is 9.53 Å². The highest BCUT2D eigenvalue weighted by Gasteiger charge is 2.01. The molecule has 0 radical (unpaired) electrons. The van der Waals surface area contributed by atoms with E-state index in [2.05, 4.69) is 10.3 Å². The number of carbonyl (C=O) groups excluding carboxylic acids is 1. The van der Waals surface area contributed by atoms with Crippen LogP contribution in [0.25, 0.3) is 0 Å². The highest BCUT2D eigenvalue weighted by Crippen LogP contribution is 2.01. The van der Waals surface area contributed by atoms with Gasteiger partial charge in [-0.1, -0.05) is 6.07 Å². The lowest BCUT2D eigenvalue weighted by Gasteiger charge is -2.06. The van der Waals surface area contributed by atoms with Crippen molar-refractivity contribution >= 4 is 5.97 Å². The number of pyridine rings is 1. The summed E-state index contributed by atoms with van der Waals surface area (Å²) in [6, 6.07) is 3.94. The van der Waals surface area contributed by atoms with E-state index >= 15 is 0 Å². The molecule has 0 aliphatic rings. The first-order chi connectivity index (χ1) is 7.74. The molecule has 0 saturated heterocycles. The van der Waals surface area contributed by atoms with Gasteiger partial charge in [-0.3, -0.25) is 9.78 Å². The lowest BCUT2D eigenvalue weighted by Crippen LogP contribution is -2.20. The third-order valence-electron chi connectivity index (χ3n) is 2.22. The van der Waals surface area contributed by atoms with Crippen LogP contribution >= 0.6 is 0 Å². The van der Waals surface area contributed by atoms with E-state index in [0.717, 1.165) is 11.3 Å². The molecule has 16 heavy (non-hydrogen) atoms. The van der Waals surface area contributed by atoms with Gasteiger partial charge in [0.25, 0.3) is 0 Å². The van der Waals surface area contributed by atoms with Crippen LogP contribution in [-0.4, -0.2) is 24.1 Å². The maximum atomic E-state index is 11.0. The third-order valence-corrected chi connectivity index (χ3v) is 2.22. The molecule has 0 fully saturated rings. The Hall–Kier alpha value is -1.42. The fourth-order valence-corrected chi connectivity index (χ4v) is 1.33. The summed E-state index contributed by atoms with van der Waals surface area (Å²) in [6.45, 7) is 5.58. The molecule has 4 nitrogen and oxygen atoms in total. The molecule has 88 valence electrons. The van der Waals surface area contributed by atoms with Gasteiger partial charge in [0.1, 0.15) is 0 Å². The maximum Gasteiger partial charge on any atom is 0.307 e. The van der Waals surface area contributed by atoms with Crippen molar-refractivity contribution in [3.05, 3.63) is 29.6 Å². The van der Waals surface area contributed by atoms with Crippen molar-refractivity contribution in [2.24, 2.45) is 0 Å².